The fourth-order valence-electron chi connectivity index (χ4n) is 2.77. The van der Waals surface area contributed by atoms with E-state index in [9.17, 15) is 9.59 Å². The van der Waals surface area contributed by atoms with Gasteiger partial charge >= 0.3 is 5.97 Å². The van der Waals surface area contributed by atoms with E-state index >= 15 is 0 Å². The van der Waals surface area contributed by atoms with Gasteiger partial charge in [-0.1, -0.05) is 44.2 Å². The number of hydrogen-bond donors (Lipinski definition) is 0. The molecule has 0 saturated carbocycles. The molecule has 0 saturated heterocycles. The van der Waals surface area contributed by atoms with E-state index in [2.05, 4.69) is 13.8 Å². The monoisotopic (exact) mass is 380 g/mol. The summed E-state index contributed by atoms with van der Waals surface area (Å²) < 4.78 is 16.3. The van der Waals surface area contributed by atoms with E-state index < -0.39 is 5.97 Å². The first-order valence-corrected chi connectivity index (χ1v) is 9.40. The molecule has 1 heterocycles. The zero-order valence-corrected chi connectivity index (χ0v) is 16.1. The minimum atomic E-state index is -0.570. The quantitative estimate of drug-likeness (QED) is 0.422. The number of benzene rings is 2. The van der Waals surface area contributed by atoms with Crippen molar-refractivity contribution < 1.29 is 23.8 Å². The van der Waals surface area contributed by atoms with Crippen molar-refractivity contribution >= 4 is 17.8 Å². The third kappa shape index (κ3) is 5.22. The number of carbonyl (C=O) groups is 2. The second kappa shape index (κ2) is 9.22. The molecule has 0 unspecified atom stereocenters. The van der Waals surface area contributed by atoms with Crippen LogP contribution in [0.25, 0.3) is 6.08 Å². The van der Waals surface area contributed by atoms with Gasteiger partial charge in [-0.2, -0.15) is 0 Å². The van der Waals surface area contributed by atoms with Crippen LogP contribution in [-0.4, -0.2) is 31.6 Å². The minimum Gasteiger partial charge on any atom is -0.490 e. The molecule has 0 atom stereocenters. The zero-order chi connectivity index (χ0) is 19.9. The second-order valence-electron chi connectivity index (χ2n) is 6.90. The summed E-state index contributed by atoms with van der Waals surface area (Å²) in [7, 11) is 0. The minimum absolute atomic E-state index is 0.229. The van der Waals surface area contributed by atoms with Gasteiger partial charge in [0.05, 0.1) is 13.2 Å². The second-order valence-corrected chi connectivity index (χ2v) is 6.90. The van der Waals surface area contributed by atoms with Crippen LogP contribution in [0, 0.1) is 0 Å². The maximum absolute atomic E-state index is 12.2. The Kier molecular flexibility index (Phi) is 6.48. The molecule has 28 heavy (non-hydrogen) atoms. The lowest BCUT2D eigenvalue weighted by molar-refractivity contribution is -0.136. The molecule has 0 spiro atoms. The van der Waals surface area contributed by atoms with Gasteiger partial charge in [0.15, 0.2) is 23.9 Å². The van der Waals surface area contributed by atoms with Gasteiger partial charge in [-0.05, 0) is 35.3 Å². The van der Waals surface area contributed by atoms with Crippen LogP contribution in [0.2, 0.25) is 0 Å². The number of Topliss-reactive ketones (excluding diaryl/α,β-unsaturated/α-hetero) is 1. The molecular weight excluding hydrogens is 356 g/mol. The van der Waals surface area contributed by atoms with E-state index in [1.807, 2.05) is 30.3 Å². The highest BCUT2D eigenvalue weighted by Crippen LogP contribution is 2.30. The van der Waals surface area contributed by atoms with Crippen LogP contribution >= 0.6 is 0 Å². The van der Waals surface area contributed by atoms with E-state index in [0.717, 1.165) is 17.5 Å². The number of esters is 1. The number of hydrogen-bond acceptors (Lipinski definition) is 5. The molecule has 1 aliphatic heterocycles. The van der Waals surface area contributed by atoms with Crippen molar-refractivity contribution in [3.8, 4) is 11.5 Å². The Morgan fingerprint density at radius 2 is 1.75 bits per heavy atom. The lowest BCUT2D eigenvalue weighted by Gasteiger charge is -2.07. The predicted octanol–water partition coefficient (Wildman–Crippen LogP) is 4.41. The molecule has 1 aliphatic rings. The summed E-state index contributed by atoms with van der Waals surface area (Å²) in [5.74, 6) is 0.961. The Balaban J connectivity index is 1.53. The lowest BCUT2D eigenvalue weighted by atomic mass is 10.0. The Labute approximate surface area is 164 Å². The molecule has 0 aliphatic carbocycles. The third-order valence-electron chi connectivity index (χ3n) is 4.43. The van der Waals surface area contributed by atoms with Crippen LogP contribution in [-0.2, 0) is 9.53 Å². The smallest absolute Gasteiger partial charge is 0.331 e. The zero-order valence-electron chi connectivity index (χ0n) is 16.1. The first-order chi connectivity index (χ1) is 13.5. The van der Waals surface area contributed by atoms with Crippen LogP contribution in [0.5, 0.6) is 11.5 Å². The fraction of sp³-hybridized carbons (Fsp3) is 0.304. The van der Waals surface area contributed by atoms with Gasteiger partial charge < -0.3 is 14.2 Å². The summed E-state index contributed by atoms with van der Waals surface area (Å²) in [6.07, 6.45) is 3.76. The normalized spacial score (nSPS) is 13.4. The Morgan fingerprint density at radius 3 is 2.46 bits per heavy atom. The Bertz CT molecular complexity index is 865. The summed E-state index contributed by atoms with van der Waals surface area (Å²) in [4.78, 5) is 24.1. The number of ketones is 1. The van der Waals surface area contributed by atoms with Crippen molar-refractivity contribution in [2.24, 2.45) is 0 Å². The van der Waals surface area contributed by atoms with E-state index in [1.54, 1.807) is 18.2 Å². The van der Waals surface area contributed by atoms with Gasteiger partial charge in [0.2, 0.25) is 0 Å². The number of ether oxygens (including phenoxy) is 3. The summed E-state index contributed by atoms with van der Waals surface area (Å²) in [5.41, 5.74) is 2.48. The molecule has 5 nitrogen and oxygen atoms in total. The summed E-state index contributed by atoms with van der Waals surface area (Å²) in [6.45, 7) is 5.12. The van der Waals surface area contributed by atoms with Crippen LogP contribution in [0.4, 0.5) is 0 Å². The third-order valence-corrected chi connectivity index (χ3v) is 4.43. The molecule has 2 aromatic rings. The van der Waals surface area contributed by atoms with Gasteiger partial charge in [-0.25, -0.2) is 4.79 Å². The van der Waals surface area contributed by atoms with Gasteiger partial charge in [0.25, 0.3) is 0 Å². The largest absolute Gasteiger partial charge is 0.490 e. The standard InChI is InChI=1S/C23H24O5/c1-16(2)18-6-8-19(9-7-18)20(24)15-28-23(25)11-5-17-4-10-21-22(14-17)27-13-3-12-26-21/h4-11,14,16H,3,12-13,15H2,1-2H3/b11-5+. The van der Waals surface area contributed by atoms with Crippen molar-refractivity contribution in [2.75, 3.05) is 19.8 Å². The highest BCUT2D eigenvalue weighted by molar-refractivity contribution is 5.98. The van der Waals surface area contributed by atoms with E-state index in [1.165, 1.54) is 6.08 Å². The van der Waals surface area contributed by atoms with E-state index in [-0.39, 0.29) is 12.4 Å². The Hall–Kier alpha value is -3.08. The van der Waals surface area contributed by atoms with E-state index in [0.29, 0.717) is 36.2 Å². The average molecular weight is 380 g/mol. The molecule has 2 aromatic carbocycles. The molecule has 146 valence electrons. The number of fused-ring (bicyclic) bond motifs is 1. The van der Waals surface area contributed by atoms with Crippen molar-refractivity contribution in [2.45, 2.75) is 26.2 Å². The van der Waals surface area contributed by atoms with Gasteiger partial charge in [0, 0.05) is 18.1 Å². The lowest BCUT2D eigenvalue weighted by Crippen LogP contribution is -2.12. The molecular formula is C23H24O5. The molecule has 0 bridgehead atoms. The topological polar surface area (TPSA) is 61.8 Å². The van der Waals surface area contributed by atoms with Gasteiger partial charge in [-0.3, -0.25) is 4.79 Å². The summed E-state index contributed by atoms with van der Waals surface area (Å²) >= 11 is 0. The first kappa shape index (κ1) is 19.7. The molecule has 3 rings (SSSR count). The average Bonchev–Trinajstić information content (AvgIpc) is 2.95. The van der Waals surface area contributed by atoms with Crippen LogP contribution in [0.3, 0.4) is 0 Å². The van der Waals surface area contributed by atoms with Crippen LogP contribution in [0.1, 0.15) is 47.7 Å². The predicted molar refractivity (Wildman–Crippen MR) is 107 cm³/mol. The molecule has 0 fully saturated rings. The van der Waals surface area contributed by atoms with Crippen molar-refractivity contribution in [3.05, 3.63) is 65.2 Å². The maximum atomic E-state index is 12.2. The Morgan fingerprint density at radius 1 is 1.04 bits per heavy atom. The molecule has 5 heteroatoms. The van der Waals surface area contributed by atoms with Crippen molar-refractivity contribution in [3.63, 3.8) is 0 Å². The molecule has 0 aromatic heterocycles. The van der Waals surface area contributed by atoms with Crippen LogP contribution in [0.15, 0.2) is 48.5 Å². The highest BCUT2D eigenvalue weighted by atomic mass is 16.5. The SMILES string of the molecule is CC(C)c1ccc(C(=O)COC(=O)/C=C/c2ccc3c(c2)OCCCO3)cc1. The van der Waals surface area contributed by atoms with Gasteiger partial charge in [-0.15, -0.1) is 0 Å². The van der Waals surface area contributed by atoms with Crippen LogP contribution < -0.4 is 9.47 Å². The molecule has 0 radical (unpaired) electrons. The summed E-state index contributed by atoms with van der Waals surface area (Å²) in [5, 5.41) is 0. The fourth-order valence-corrected chi connectivity index (χ4v) is 2.77. The highest BCUT2D eigenvalue weighted by Gasteiger charge is 2.11. The van der Waals surface area contributed by atoms with Crippen molar-refractivity contribution in [1.29, 1.82) is 0 Å². The van der Waals surface area contributed by atoms with Crippen molar-refractivity contribution in [1.82, 2.24) is 0 Å². The molecule has 0 amide bonds. The molecule has 0 N–H and O–H groups in total. The summed E-state index contributed by atoms with van der Waals surface area (Å²) in [6, 6.07) is 12.8. The maximum Gasteiger partial charge on any atom is 0.331 e. The first-order valence-electron chi connectivity index (χ1n) is 9.40. The number of carbonyl (C=O) groups excluding carboxylic acids is 2. The number of rotatable bonds is 6. The van der Waals surface area contributed by atoms with E-state index in [4.69, 9.17) is 14.2 Å². The van der Waals surface area contributed by atoms with Gasteiger partial charge in [0.1, 0.15) is 0 Å².